The molecule has 0 saturated carbocycles. The monoisotopic (exact) mass is 265 g/mol. The summed E-state index contributed by atoms with van der Waals surface area (Å²) in [5.74, 6) is 0.593. The van der Waals surface area contributed by atoms with E-state index in [9.17, 15) is 4.79 Å². The summed E-state index contributed by atoms with van der Waals surface area (Å²) in [6.07, 6.45) is 0. The molecule has 0 aromatic carbocycles. The van der Waals surface area contributed by atoms with E-state index < -0.39 is 6.04 Å². The van der Waals surface area contributed by atoms with Crippen LogP contribution in [0.5, 0.6) is 0 Å². The predicted molar refractivity (Wildman–Crippen MR) is 75.1 cm³/mol. The van der Waals surface area contributed by atoms with Gasteiger partial charge in [0, 0.05) is 11.4 Å². The molecule has 0 spiro atoms. The van der Waals surface area contributed by atoms with E-state index in [1.54, 1.807) is 0 Å². The molecule has 19 heavy (non-hydrogen) atoms. The van der Waals surface area contributed by atoms with E-state index >= 15 is 0 Å². The average Bonchev–Trinajstić information content (AvgIpc) is 2.34. The van der Waals surface area contributed by atoms with Crippen LogP contribution in [0.2, 0.25) is 0 Å². The van der Waals surface area contributed by atoms with Crippen LogP contribution in [0.3, 0.4) is 0 Å². The minimum atomic E-state index is -0.438. The Hall–Kier alpha value is -1.65. The van der Waals surface area contributed by atoms with E-state index in [-0.39, 0.29) is 11.9 Å². The molecule has 5 heteroatoms. The first kappa shape index (κ1) is 15.4. The number of anilines is 1. The molecule has 0 aliphatic heterocycles. The number of rotatable bonds is 5. The Morgan fingerprint density at radius 3 is 2.37 bits per heavy atom. The number of carbonyl (C=O) groups is 1. The van der Waals surface area contributed by atoms with Gasteiger partial charge in [-0.15, -0.1) is 0 Å². The van der Waals surface area contributed by atoms with Crippen molar-refractivity contribution in [1.29, 1.82) is 0 Å². The number of hydrogen-bond acceptors (Lipinski definition) is 5. The number of nitrogens with zero attached hydrogens (tertiary/aromatic N) is 2. The molecule has 1 unspecified atom stereocenters. The summed E-state index contributed by atoms with van der Waals surface area (Å²) >= 11 is 0. The van der Waals surface area contributed by atoms with Gasteiger partial charge in [-0.3, -0.25) is 0 Å². The molecule has 0 amide bonds. The smallest absolute Gasteiger partial charge is 0.328 e. The molecule has 0 radical (unpaired) electrons. The van der Waals surface area contributed by atoms with Gasteiger partial charge >= 0.3 is 5.97 Å². The lowest BCUT2D eigenvalue weighted by Gasteiger charge is -2.20. The second kappa shape index (κ2) is 6.50. The van der Waals surface area contributed by atoms with Gasteiger partial charge in [-0.2, -0.15) is 0 Å². The highest BCUT2D eigenvalue weighted by Gasteiger charge is 2.24. The molecule has 0 fully saturated rings. The Morgan fingerprint density at radius 2 is 1.89 bits per heavy atom. The maximum atomic E-state index is 11.7. The first-order chi connectivity index (χ1) is 8.85. The molecule has 106 valence electrons. The van der Waals surface area contributed by atoms with Gasteiger partial charge in [-0.05, 0) is 24.8 Å². The molecule has 1 N–H and O–H groups in total. The number of nitrogens with one attached hydrogen (secondary N) is 1. The number of esters is 1. The quantitative estimate of drug-likeness (QED) is 0.829. The van der Waals surface area contributed by atoms with Crippen LogP contribution in [0.15, 0.2) is 6.07 Å². The first-order valence-electron chi connectivity index (χ1n) is 6.55. The Bertz CT molecular complexity index is 444. The van der Waals surface area contributed by atoms with Crippen LogP contribution in [0.25, 0.3) is 0 Å². The van der Waals surface area contributed by atoms with Crippen LogP contribution < -0.4 is 5.32 Å². The van der Waals surface area contributed by atoms with Crippen molar-refractivity contribution in [3.63, 3.8) is 0 Å². The summed E-state index contributed by atoms with van der Waals surface area (Å²) in [4.78, 5) is 20.5. The SMILES string of the molecule is COC(=O)C(Nc1nc(C)cc(C(C)C)n1)C(C)C. The molecule has 5 nitrogen and oxygen atoms in total. The molecule has 0 aliphatic rings. The molecule has 0 saturated heterocycles. The molecular weight excluding hydrogens is 242 g/mol. The van der Waals surface area contributed by atoms with E-state index in [1.807, 2.05) is 26.8 Å². The van der Waals surface area contributed by atoms with Crippen molar-refractivity contribution in [2.45, 2.75) is 46.6 Å². The highest BCUT2D eigenvalue weighted by atomic mass is 16.5. The normalized spacial score (nSPS) is 12.6. The number of methoxy groups -OCH3 is 1. The molecule has 1 aromatic rings. The van der Waals surface area contributed by atoms with Crippen molar-refractivity contribution in [2.75, 3.05) is 12.4 Å². The van der Waals surface area contributed by atoms with Crippen LogP contribution in [-0.2, 0) is 9.53 Å². The lowest BCUT2D eigenvalue weighted by Crippen LogP contribution is -2.36. The van der Waals surface area contributed by atoms with E-state index in [2.05, 4.69) is 29.1 Å². The van der Waals surface area contributed by atoms with Gasteiger partial charge in [-0.25, -0.2) is 14.8 Å². The molecule has 1 heterocycles. The second-order valence-electron chi connectivity index (χ2n) is 5.30. The zero-order chi connectivity index (χ0) is 14.6. The Balaban J connectivity index is 2.99. The fourth-order valence-corrected chi connectivity index (χ4v) is 1.72. The standard InChI is InChI=1S/C14H23N3O2/c1-8(2)11-7-10(5)15-14(16-11)17-12(9(3)4)13(18)19-6/h7-9,12H,1-6H3,(H,15,16,17). The Kier molecular flexibility index (Phi) is 5.27. The topological polar surface area (TPSA) is 64.1 Å². The zero-order valence-corrected chi connectivity index (χ0v) is 12.5. The largest absolute Gasteiger partial charge is 0.467 e. The third-order valence-electron chi connectivity index (χ3n) is 2.87. The maximum Gasteiger partial charge on any atom is 0.328 e. The Morgan fingerprint density at radius 1 is 1.26 bits per heavy atom. The van der Waals surface area contributed by atoms with Gasteiger partial charge in [0.2, 0.25) is 5.95 Å². The summed E-state index contributed by atoms with van der Waals surface area (Å²) < 4.78 is 4.80. The summed E-state index contributed by atoms with van der Waals surface area (Å²) in [7, 11) is 1.38. The third kappa shape index (κ3) is 4.19. The summed E-state index contributed by atoms with van der Waals surface area (Å²) in [5, 5.41) is 3.07. The van der Waals surface area contributed by atoms with Crippen molar-refractivity contribution < 1.29 is 9.53 Å². The van der Waals surface area contributed by atoms with Crippen LogP contribution >= 0.6 is 0 Å². The van der Waals surface area contributed by atoms with E-state index in [0.717, 1.165) is 11.4 Å². The second-order valence-corrected chi connectivity index (χ2v) is 5.30. The highest BCUT2D eigenvalue weighted by Crippen LogP contribution is 2.16. The van der Waals surface area contributed by atoms with Crippen molar-refractivity contribution >= 4 is 11.9 Å². The first-order valence-corrected chi connectivity index (χ1v) is 6.55. The molecule has 1 rings (SSSR count). The van der Waals surface area contributed by atoms with Gasteiger partial charge in [0.05, 0.1) is 7.11 Å². The van der Waals surface area contributed by atoms with Crippen molar-refractivity contribution in [1.82, 2.24) is 9.97 Å². The zero-order valence-electron chi connectivity index (χ0n) is 12.5. The molecule has 0 bridgehead atoms. The number of ether oxygens (including phenoxy) is 1. The van der Waals surface area contributed by atoms with Crippen LogP contribution in [-0.4, -0.2) is 29.1 Å². The molecule has 0 aliphatic carbocycles. The third-order valence-corrected chi connectivity index (χ3v) is 2.87. The number of aryl methyl sites for hydroxylation is 1. The minimum Gasteiger partial charge on any atom is -0.467 e. The van der Waals surface area contributed by atoms with Crippen molar-refractivity contribution in [3.8, 4) is 0 Å². The number of hydrogen-bond donors (Lipinski definition) is 1. The number of carbonyl (C=O) groups excluding carboxylic acids is 1. The van der Waals surface area contributed by atoms with E-state index in [1.165, 1.54) is 7.11 Å². The highest BCUT2D eigenvalue weighted by molar-refractivity contribution is 5.78. The van der Waals surface area contributed by atoms with Gasteiger partial charge < -0.3 is 10.1 Å². The van der Waals surface area contributed by atoms with Crippen LogP contribution in [0.4, 0.5) is 5.95 Å². The van der Waals surface area contributed by atoms with Gasteiger partial charge in [-0.1, -0.05) is 27.7 Å². The molecule has 1 aromatic heterocycles. The summed E-state index contributed by atoms with van der Waals surface area (Å²) in [6.45, 7) is 9.97. The molecule has 1 atom stereocenters. The maximum absolute atomic E-state index is 11.7. The molecular formula is C14H23N3O2. The van der Waals surface area contributed by atoms with Crippen LogP contribution in [0, 0.1) is 12.8 Å². The van der Waals surface area contributed by atoms with Crippen LogP contribution in [0.1, 0.15) is 45.0 Å². The predicted octanol–water partition coefficient (Wildman–Crippen LogP) is 2.52. The summed E-state index contributed by atoms with van der Waals surface area (Å²) in [6, 6.07) is 1.52. The fourth-order valence-electron chi connectivity index (χ4n) is 1.72. The van der Waals surface area contributed by atoms with Gasteiger partial charge in [0.15, 0.2) is 0 Å². The van der Waals surface area contributed by atoms with E-state index in [0.29, 0.717) is 11.9 Å². The lowest BCUT2D eigenvalue weighted by molar-refractivity contribution is -0.142. The van der Waals surface area contributed by atoms with Crippen molar-refractivity contribution in [2.24, 2.45) is 5.92 Å². The van der Waals surface area contributed by atoms with Gasteiger partial charge in [0.1, 0.15) is 6.04 Å². The average molecular weight is 265 g/mol. The van der Waals surface area contributed by atoms with Crippen molar-refractivity contribution in [3.05, 3.63) is 17.5 Å². The van der Waals surface area contributed by atoms with E-state index in [4.69, 9.17) is 4.74 Å². The minimum absolute atomic E-state index is 0.0964. The van der Waals surface area contributed by atoms with Gasteiger partial charge in [0.25, 0.3) is 0 Å². The fraction of sp³-hybridized carbons (Fsp3) is 0.643. The lowest BCUT2D eigenvalue weighted by atomic mass is 10.1. The Labute approximate surface area is 114 Å². The number of aromatic nitrogens is 2. The summed E-state index contributed by atoms with van der Waals surface area (Å²) in [5.41, 5.74) is 1.84.